The molecule has 0 spiro atoms. The van der Waals surface area contributed by atoms with Crippen LogP contribution in [0.1, 0.15) is 36.0 Å². The van der Waals surface area contributed by atoms with Crippen molar-refractivity contribution in [3.63, 3.8) is 0 Å². The lowest BCUT2D eigenvalue weighted by Crippen LogP contribution is -2.48. The molecule has 0 saturated carbocycles. The van der Waals surface area contributed by atoms with Crippen LogP contribution in [0.15, 0.2) is 18.3 Å². The van der Waals surface area contributed by atoms with Crippen molar-refractivity contribution in [1.82, 2.24) is 9.88 Å². The molecule has 5 heteroatoms. The van der Waals surface area contributed by atoms with Crippen LogP contribution in [0.5, 0.6) is 0 Å². The van der Waals surface area contributed by atoms with Gasteiger partial charge in [-0.3, -0.25) is 4.79 Å². The van der Waals surface area contributed by atoms with E-state index in [1.165, 1.54) is 12.3 Å². The number of fused-ring (bicyclic) bond motifs is 2. The van der Waals surface area contributed by atoms with Crippen LogP contribution in [0.4, 0.5) is 4.39 Å². The van der Waals surface area contributed by atoms with Crippen molar-refractivity contribution in [3.05, 3.63) is 29.8 Å². The topological polar surface area (TPSA) is 53.4 Å². The van der Waals surface area contributed by atoms with Crippen molar-refractivity contribution >= 4 is 5.91 Å². The monoisotopic (exact) mass is 250 g/mol. The SMILES string of the molecule is O=C(c1cccnc1F)N1C2CCC1CC(O)C2. The van der Waals surface area contributed by atoms with Crippen molar-refractivity contribution < 1.29 is 14.3 Å². The van der Waals surface area contributed by atoms with Crippen LogP contribution in [-0.4, -0.2) is 39.1 Å². The van der Waals surface area contributed by atoms with Gasteiger partial charge in [-0.05, 0) is 37.8 Å². The zero-order chi connectivity index (χ0) is 12.7. The van der Waals surface area contributed by atoms with Crippen LogP contribution in [0.25, 0.3) is 0 Å². The molecule has 3 rings (SSSR count). The van der Waals surface area contributed by atoms with Crippen LogP contribution in [0.2, 0.25) is 0 Å². The summed E-state index contributed by atoms with van der Waals surface area (Å²) in [6.45, 7) is 0. The van der Waals surface area contributed by atoms with Crippen LogP contribution < -0.4 is 0 Å². The lowest BCUT2D eigenvalue weighted by atomic mass is 9.99. The molecule has 1 N–H and O–H groups in total. The number of rotatable bonds is 1. The van der Waals surface area contributed by atoms with Crippen LogP contribution >= 0.6 is 0 Å². The van der Waals surface area contributed by atoms with E-state index in [1.807, 2.05) is 0 Å². The minimum atomic E-state index is -0.715. The summed E-state index contributed by atoms with van der Waals surface area (Å²) < 4.78 is 13.5. The number of hydrogen-bond acceptors (Lipinski definition) is 3. The van der Waals surface area contributed by atoms with Crippen molar-refractivity contribution in [2.24, 2.45) is 0 Å². The van der Waals surface area contributed by atoms with Gasteiger partial charge in [-0.25, -0.2) is 4.98 Å². The molecule has 0 radical (unpaired) electrons. The Morgan fingerprint density at radius 3 is 2.67 bits per heavy atom. The summed E-state index contributed by atoms with van der Waals surface area (Å²) in [4.78, 5) is 17.6. The first kappa shape index (κ1) is 11.6. The molecule has 4 nitrogen and oxygen atoms in total. The second-order valence-electron chi connectivity index (χ2n) is 5.06. The maximum atomic E-state index is 13.5. The largest absolute Gasteiger partial charge is 0.393 e. The summed E-state index contributed by atoms with van der Waals surface area (Å²) in [6.07, 6.45) is 4.00. The molecule has 0 aromatic carbocycles. The zero-order valence-corrected chi connectivity index (χ0v) is 9.92. The number of carbonyl (C=O) groups excluding carboxylic acids is 1. The normalized spacial score (nSPS) is 30.6. The molecule has 1 aromatic heterocycles. The summed E-state index contributed by atoms with van der Waals surface area (Å²) in [6, 6.07) is 3.13. The van der Waals surface area contributed by atoms with E-state index < -0.39 is 5.95 Å². The van der Waals surface area contributed by atoms with Gasteiger partial charge in [0.2, 0.25) is 5.95 Å². The molecule has 1 aromatic rings. The molecule has 2 unspecified atom stereocenters. The third kappa shape index (κ3) is 1.79. The van der Waals surface area contributed by atoms with Gasteiger partial charge in [-0.15, -0.1) is 0 Å². The predicted molar refractivity (Wildman–Crippen MR) is 62.4 cm³/mol. The van der Waals surface area contributed by atoms with Gasteiger partial charge < -0.3 is 10.0 Å². The molecular formula is C13H15FN2O2. The highest BCUT2D eigenvalue weighted by Crippen LogP contribution is 2.36. The smallest absolute Gasteiger partial charge is 0.259 e. The minimum Gasteiger partial charge on any atom is -0.393 e. The molecule has 0 aliphatic carbocycles. The molecule has 2 fully saturated rings. The molecule has 2 atom stereocenters. The predicted octanol–water partition coefficient (Wildman–Crippen LogP) is 1.35. The summed E-state index contributed by atoms with van der Waals surface area (Å²) in [5.74, 6) is -1.01. The van der Waals surface area contributed by atoms with Gasteiger partial charge in [-0.2, -0.15) is 4.39 Å². The fraction of sp³-hybridized carbons (Fsp3) is 0.538. The number of piperidine rings is 1. The average molecular weight is 250 g/mol. The molecule has 3 heterocycles. The Hall–Kier alpha value is -1.49. The number of amides is 1. The number of aliphatic hydroxyl groups is 1. The summed E-state index contributed by atoms with van der Waals surface area (Å²) >= 11 is 0. The van der Waals surface area contributed by atoms with Gasteiger partial charge in [0.25, 0.3) is 5.91 Å². The van der Waals surface area contributed by atoms with E-state index in [0.717, 1.165) is 12.8 Å². The first-order valence-corrected chi connectivity index (χ1v) is 6.28. The second kappa shape index (κ2) is 4.31. The lowest BCUT2D eigenvalue weighted by molar-refractivity contribution is 0.0283. The quantitative estimate of drug-likeness (QED) is 0.765. The molecule has 2 saturated heterocycles. The summed E-state index contributed by atoms with van der Waals surface area (Å²) in [5.41, 5.74) is 0.0331. The number of nitrogens with zero attached hydrogens (tertiary/aromatic N) is 2. The fourth-order valence-electron chi connectivity index (χ4n) is 3.16. The highest BCUT2D eigenvalue weighted by molar-refractivity contribution is 5.94. The van der Waals surface area contributed by atoms with E-state index in [0.29, 0.717) is 12.8 Å². The number of halogens is 1. The van der Waals surface area contributed by atoms with Gasteiger partial charge in [0.15, 0.2) is 0 Å². The summed E-state index contributed by atoms with van der Waals surface area (Å²) in [7, 11) is 0. The number of pyridine rings is 1. The Bertz CT molecular complexity index is 466. The molecule has 18 heavy (non-hydrogen) atoms. The number of carbonyl (C=O) groups is 1. The van der Waals surface area contributed by atoms with Crippen LogP contribution in [0.3, 0.4) is 0 Å². The first-order valence-electron chi connectivity index (χ1n) is 6.28. The average Bonchev–Trinajstić information content (AvgIpc) is 2.61. The number of aromatic nitrogens is 1. The van der Waals surface area contributed by atoms with Gasteiger partial charge >= 0.3 is 0 Å². The maximum Gasteiger partial charge on any atom is 0.259 e. The Balaban J connectivity index is 1.88. The Morgan fingerprint density at radius 2 is 2.06 bits per heavy atom. The van der Waals surface area contributed by atoms with E-state index in [2.05, 4.69) is 4.98 Å². The Labute approximate surface area is 104 Å². The van der Waals surface area contributed by atoms with Gasteiger partial charge in [0.05, 0.1) is 11.7 Å². The molecule has 2 aliphatic rings. The molecule has 2 bridgehead atoms. The van der Waals surface area contributed by atoms with Crippen molar-refractivity contribution in [3.8, 4) is 0 Å². The minimum absolute atomic E-state index is 0.0331. The van der Waals surface area contributed by atoms with Crippen LogP contribution in [0, 0.1) is 5.95 Å². The summed E-state index contributed by atoms with van der Waals surface area (Å²) in [5, 5.41) is 9.69. The Kier molecular flexibility index (Phi) is 2.78. The first-order chi connectivity index (χ1) is 8.66. The third-order valence-electron chi connectivity index (χ3n) is 3.93. The lowest BCUT2D eigenvalue weighted by Gasteiger charge is -2.37. The number of hydrogen-bond donors (Lipinski definition) is 1. The molecule has 1 amide bonds. The molecular weight excluding hydrogens is 235 g/mol. The van der Waals surface area contributed by atoms with E-state index in [9.17, 15) is 14.3 Å². The molecule has 96 valence electrons. The van der Waals surface area contributed by atoms with Crippen molar-refractivity contribution in [2.45, 2.75) is 43.9 Å². The number of aliphatic hydroxyl groups excluding tert-OH is 1. The second-order valence-corrected chi connectivity index (χ2v) is 5.06. The highest BCUT2D eigenvalue weighted by Gasteiger charge is 2.43. The molecule has 2 aliphatic heterocycles. The van der Waals surface area contributed by atoms with E-state index in [-0.39, 0.29) is 29.7 Å². The maximum absolute atomic E-state index is 13.5. The van der Waals surface area contributed by atoms with E-state index in [4.69, 9.17) is 0 Å². The van der Waals surface area contributed by atoms with Crippen molar-refractivity contribution in [2.75, 3.05) is 0 Å². The standard InChI is InChI=1S/C13H15FN2O2/c14-12-11(2-1-5-15-12)13(18)16-8-3-4-9(16)7-10(17)6-8/h1-2,5,8-10,17H,3-4,6-7H2. The van der Waals surface area contributed by atoms with Crippen molar-refractivity contribution in [1.29, 1.82) is 0 Å². The van der Waals surface area contributed by atoms with Gasteiger partial charge in [-0.1, -0.05) is 0 Å². The fourth-order valence-corrected chi connectivity index (χ4v) is 3.16. The Morgan fingerprint density at radius 1 is 1.39 bits per heavy atom. The zero-order valence-electron chi connectivity index (χ0n) is 9.92. The van der Waals surface area contributed by atoms with Gasteiger partial charge in [0, 0.05) is 18.3 Å². The van der Waals surface area contributed by atoms with E-state index >= 15 is 0 Å². The van der Waals surface area contributed by atoms with Gasteiger partial charge in [0.1, 0.15) is 0 Å². The van der Waals surface area contributed by atoms with Crippen LogP contribution in [-0.2, 0) is 0 Å². The highest BCUT2D eigenvalue weighted by atomic mass is 19.1. The van der Waals surface area contributed by atoms with E-state index in [1.54, 1.807) is 11.0 Å². The third-order valence-corrected chi connectivity index (χ3v) is 3.93.